The lowest BCUT2D eigenvalue weighted by molar-refractivity contribution is -0.870. The second-order valence-electron chi connectivity index (χ2n) is 16.0. The molecule has 0 aromatic heterocycles. The number of unbranched alkanes of at least 4 members (excludes halogenated alkanes) is 14. The quantitative estimate of drug-likeness (QED) is 0.0197. The number of phosphoric acid groups is 1. The second-order valence-corrected chi connectivity index (χ2v) is 17.4. The van der Waals surface area contributed by atoms with Gasteiger partial charge in [-0.1, -0.05) is 177 Å². The minimum absolute atomic E-state index is 0.0467. The molecule has 334 valence electrons. The van der Waals surface area contributed by atoms with Crippen molar-refractivity contribution >= 4 is 19.8 Å². The van der Waals surface area contributed by atoms with Gasteiger partial charge in [-0.2, -0.15) is 0 Å². The normalized spacial score (nSPS) is 14.2. The zero-order chi connectivity index (χ0) is 42.8. The van der Waals surface area contributed by atoms with Gasteiger partial charge in [0.25, 0.3) is 7.82 Å². The highest BCUT2D eigenvalue weighted by molar-refractivity contribution is 7.45. The Hall–Kier alpha value is -2.55. The first-order chi connectivity index (χ1) is 28.0. The Kier molecular flexibility index (Phi) is 38.1. The van der Waals surface area contributed by atoms with E-state index >= 15 is 0 Å². The van der Waals surface area contributed by atoms with Gasteiger partial charge in [-0.05, 0) is 51.4 Å². The average molecular weight is 834 g/mol. The van der Waals surface area contributed by atoms with E-state index in [1.165, 1.54) is 77.0 Å². The van der Waals surface area contributed by atoms with Crippen molar-refractivity contribution in [1.29, 1.82) is 0 Å². The number of ether oxygens (including phenoxy) is 2. The summed E-state index contributed by atoms with van der Waals surface area (Å²) in [6.45, 7) is 4.02. The van der Waals surface area contributed by atoms with Crippen LogP contribution in [0, 0.1) is 0 Å². The van der Waals surface area contributed by atoms with Crippen LogP contribution in [-0.2, 0) is 32.7 Å². The molecule has 0 rings (SSSR count). The molecular formula is C48H84NO8P. The van der Waals surface area contributed by atoms with Crippen LogP contribution in [0.5, 0.6) is 0 Å². The first-order valence-corrected chi connectivity index (χ1v) is 24.1. The van der Waals surface area contributed by atoms with E-state index in [1.54, 1.807) is 0 Å². The summed E-state index contributed by atoms with van der Waals surface area (Å²) in [4.78, 5) is 37.5. The molecule has 10 heteroatoms. The van der Waals surface area contributed by atoms with Gasteiger partial charge in [0.1, 0.15) is 19.8 Å². The van der Waals surface area contributed by atoms with E-state index < -0.39 is 32.5 Å². The van der Waals surface area contributed by atoms with E-state index in [9.17, 15) is 19.0 Å². The third-order valence-electron chi connectivity index (χ3n) is 9.25. The molecule has 0 aliphatic heterocycles. The molecule has 0 aliphatic rings. The highest BCUT2D eigenvalue weighted by Crippen LogP contribution is 2.38. The van der Waals surface area contributed by atoms with Crippen LogP contribution in [0.2, 0.25) is 0 Å². The fourth-order valence-electron chi connectivity index (χ4n) is 5.74. The molecule has 0 radical (unpaired) electrons. The molecule has 0 heterocycles. The number of carbonyl (C=O) groups excluding carboxylic acids is 2. The standard InChI is InChI=1S/C48H84NO8P/c1-6-8-10-12-14-16-18-20-22-23-24-25-27-29-31-33-35-37-39-41-48(51)57-46(45-56-58(52,53)55-43-42-49(3,4)5)44-54-47(50)40-38-36-34-32-30-28-26-21-19-17-15-13-11-9-7-2/h8,10,14,16,20,22,24-25,29,31,35,37,46H,6-7,9,11-13,15,17-19,21,23,26-28,30,32-34,36,38-45H2,1-5H3/b10-8+,16-14+,22-20+,25-24+,31-29+,37-35+. The largest absolute Gasteiger partial charge is 0.756 e. The van der Waals surface area contributed by atoms with Crippen LogP contribution >= 0.6 is 7.82 Å². The molecule has 2 atom stereocenters. The first-order valence-electron chi connectivity index (χ1n) is 22.6. The number of quaternary nitrogens is 1. The third-order valence-corrected chi connectivity index (χ3v) is 10.2. The van der Waals surface area contributed by atoms with E-state index in [0.717, 1.165) is 57.8 Å². The Bertz CT molecular complexity index is 1220. The summed E-state index contributed by atoms with van der Waals surface area (Å²) in [5.74, 6) is -0.934. The van der Waals surface area contributed by atoms with Gasteiger partial charge in [0.15, 0.2) is 6.10 Å². The van der Waals surface area contributed by atoms with Gasteiger partial charge in [0.2, 0.25) is 0 Å². The maximum absolute atomic E-state index is 12.7. The lowest BCUT2D eigenvalue weighted by atomic mass is 10.0. The van der Waals surface area contributed by atoms with Crippen LogP contribution in [0.4, 0.5) is 0 Å². The Morgan fingerprint density at radius 2 is 0.983 bits per heavy atom. The topological polar surface area (TPSA) is 111 Å². The summed E-state index contributed by atoms with van der Waals surface area (Å²) in [5.41, 5.74) is 0. The zero-order valence-electron chi connectivity index (χ0n) is 37.5. The molecule has 0 N–H and O–H groups in total. The Morgan fingerprint density at radius 3 is 1.43 bits per heavy atom. The van der Waals surface area contributed by atoms with Crippen molar-refractivity contribution in [2.75, 3.05) is 47.5 Å². The second kappa shape index (κ2) is 39.9. The minimum atomic E-state index is -4.65. The van der Waals surface area contributed by atoms with Crippen LogP contribution < -0.4 is 4.89 Å². The third kappa shape index (κ3) is 43.0. The van der Waals surface area contributed by atoms with Gasteiger partial charge in [-0.15, -0.1) is 0 Å². The van der Waals surface area contributed by atoms with Crippen LogP contribution in [-0.4, -0.2) is 70.0 Å². The van der Waals surface area contributed by atoms with Crippen molar-refractivity contribution in [3.8, 4) is 0 Å². The SMILES string of the molecule is CC/C=C/C/C=C/C/C=C/C/C=C/C/C=C/C/C=C/CCC(=O)OC(COC(=O)CCCCCCCCCCCCCCCCC)COP(=O)([O-])OCC[N+](C)(C)C. The smallest absolute Gasteiger partial charge is 0.306 e. The van der Waals surface area contributed by atoms with Crippen molar-refractivity contribution in [1.82, 2.24) is 0 Å². The van der Waals surface area contributed by atoms with E-state index in [0.29, 0.717) is 17.4 Å². The van der Waals surface area contributed by atoms with E-state index in [4.69, 9.17) is 18.5 Å². The number of likely N-dealkylation sites (N-methyl/N-ethyl adjacent to an activating group) is 1. The van der Waals surface area contributed by atoms with E-state index in [1.807, 2.05) is 33.3 Å². The highest BCUT2D eigenvalue weighted by atomic mass is 31.2. The molecule has 0 bridgehead atoms. The Morgan fingerprint density at radius 1 is 0.552 bits per heavy atom. The van der Waals surface area contributed by atoms with Crippen molar-refractivity contribution in [2.24, 2.45) is 0 Å². The molecule has 9 nitrogen and oxygen atoms in total. The molecule has 0 saturated heterocycles. The zero-order valence-corrected chi connectivity index (χ0v) is 38.4. The van der Waals surface area contributed by atoms with Crippen molar-refractivity contribution in [3.05, 3.63) is 72.9 Å². The number of hydrogen-bond donors (Lipinski definition) is 0. The molecule has 0 aromatic rings. The van der Waals surface area contributed by atoms with Gasteiger partial charge in [0, 0.05) is 12.8 Å². The van der Waals surface area contributed by atoms with Crippen LogP contribution in [0.1, 0.15) is 168 Å². The van der Waals surface area contributed by atoms with Crippen molar-refractivity contribution in [2.45, 2.75) is 174 Å². The predicted octanol–water partition coefficient (Wildman–Crippen LogP) is 12.4. The van der Waals surface area contributed by atoms with Crippen molar-refractivity contribution in [3.63, 3.8) is 0 Å². The van der Waals surface area contributed by atoms with Crippen molar-refractivity contribution < 1.29 is 42.1 Å². The number of phosphoric ester groups is 1. The van der Waals surface area contributed by atoms with Gasteiger partial charge >= 0.3 is 11.9 Å². The summed E-state index contributed by atoms with van der Waals surface area (Å²) >= 11 is 0. The molecule has 0 spiro atoms. The van der Waals surface area contributed by atoms with Gasteiger partial charge < -0.3 is 27.9 Å². The number of esters is 2. The Balaban J connectivity index is 4.48. The van der Waals surface area contributed by atoms with Crippen LogP contribution in [0.3, 0.4) is 0 Å². The maximum atomic E-state index is 12.7. The van der Waals surface area contributed by atoms with E-state index in [2.05, 4.69) is 74.6 Å². The van der Waals surface area contributed by atoms with Gasteiger partial charge in [-0.25, -0.2) is 0 Å². The fraction of sp³-hybridized carbons (Fsp3) is 0.708. The molecule has 0 amide bonds. The summed E-state index contributed by atoms with van der Waals surface area (Å²) in [7, 11) is 1.11. The monoisotopic (exact) mass is 834 g/mol. The Labute approximate surface area is 355 Å². The minimum Gasteiger partial charge on any atom is -0.756 e. The fourth-order valence-corrected chi connectivity index (χ4v) is 6.47. The summed E-state index contributed by atoms with van der Waals surface area (Å²) in [5, 5.41) is 0. The summed E-state index contributed by atoms with van der Waals surface area (Å²) < 4.78 is 33.8. The highest BCUT2D eigenvalue weighted by Gasteiger charge is 2.21. The molecule has 0 aromatic carbocycles. The number of carbonyl (C=O) groups is 2. The first kappa shape index (κ1) is 55.5. The average Bonchev–Trinajstić information content (AvgIpc) is 3.17. The lowest BCUT2D eigenvalue weighted by Crippen LogP contribution is -2.37. The molecule has 58 heavy (non-hydrogen) atoms. The van der Waals surface area contributed by atoms with E-state index in [-0.39, 0.29) is 26.1 Å². The summed E-state index contributed by atoms with van der Waals surface area (Å²) in [6.07, 6.45) is 49.4. The number of nitrogens with zero attached hydrogens (tertiary/aromatic N) is 1. The molecular weight excluding hydrogens is 750 g/mol. The maximum Gasteiger partial charge on any atom is 0.306 e. The number of rotatable bonds is 40. The molecule has 0 aliphatic carbocycles. The van der Waals surface area contributed by atoms with Gasteiger partial charge in [-0.3, -0.25) is 14.2 Å². The lowest BCUT2D eigenvalue weighted by Gasteiger charge is -2.28. The molecule has 0 saturated carbocycles. The molecule has 0 fully saturated rings. The number of hydrogen-bond acceptors (Lipinski definition) is 8. The van der Waals surface area contributed by atoms with Gasteiger partial charge in [0.05, 0.1) is 27.7 Å². The summed E-state index contributed by atoms with van der Waals surface area (Å²) in [6, 6.07) is 0. The van der Waals surface area contributed by atoms with Crippen LogP contribution in [0.15, 0.2) is 72.9 Å². The molecule has 2 unspecified atom stereocenters. The number of allylic oxidation sites excluding steroid dienone is 12. The van der Waals surface area contributed by atoms with Crippen LogP contribution in [0.25, 0.3) is 0 Å². The predicted molar refractivity (Wildman–Crippen MR) is 240 cm³/mol.